The number of amides is 1. The summed E-state index contributed by atoms with van der Waals surface area (Å²) in [7, 11) is 0. The molecule has 0 radical (unpaired) electrons. The van der Waals surface area contributed by atoms with Crippen molar-refractivity contribution in [3.8, 4) is 0 Å². The molecule has 0 aromatic heterocycles. The number of hydrogen-bond acceptors (Lipinski definition) is 5. The molecule has 0 spiro atoms. The van der Waals surface area contributed by atoms with E-state index in [1.54, 1.807) is 6.20 Å². The van der Waals surface area contributed by atoms with Crippen molar-refractivity contribution in [2.24, 2.45) is 5.92 Å². The lowest BCUT2D eigenvalue weighted by atomic mass is 9.84. The summed E-state index contributed by atoms with van der Waals surface area (Å²) >= 11 is 0. The van der Waals surface area contributed by atoms with Crippen LogP contribution in [0.2, 0.25) is 0 Å². The van der Waals surface area contributed by atoms with Gasteiger partial charge in [0.05, 0.1) is 0 Å². The SMILES string of the molecule is CC(C)=CC(=O)OC1CC2CC(C1)C(=O)N/C=C\CCCCC(=O)O2. The first-order chi connectivity index (χ1) is 11.9. The van der Waals surface area contributed by atoms with Crippen molar-refractivity contribution < 1.29 is 23.9 Å². The predicted molar refractivity (Wildman–Crippen MR) is 92.3 cm³/mol. The Balaban J connectivity index is 2.08. The number of allylic oxidation sites excluding steroid dienone is 2. The average molecular weight is 349 g/mol. The first-order valence-electron chi connectivity index (χ1n) is 8.94. The Morgan fingerprint density at radius 1 is 1.24 bits per heavy atom. The molecule has 1 N–H and O–H groups in total. The maximum Gasteiger partial charge on any atom is 0.330 e. The van der Waals surface area contributed by atoms with Gasteiger partial charge in [0, 0.05) is 24.8 Å². The van der Waals surface area contributed by atoms with E-state index in [-0.39, 0.29) is 17.8 Å². The summed E-state index contributed by atoms with van der Waals surface area (Å²) in [6.07, 6.45) is 8.31. The monoisotopic (exact) mass is 349 g/mol. The topological polar surface area (TPSA) is 81.7 Å². The Hall–Kier alpha value is -2.11. The maximum absolute atomic E-state index is 12.4. The fourth-order valence-corrected chi connectivity index (χ4v) is 3.18. The van der Waals surface area contributed by atoms with Gasteiger partial charge in [0.1, 0.15) is 12.2 Å². The third-order valence-corrected chi connectivity index (χ3v) is 4.32. The molecule has 1 aliphatic carbocycles. The van der Waals surface area contributed by atoms with Gasteiger partial charge in [0.15, 0.2) is 0 Å². The van der Waals surface area contributed by atoms with Gasteiger partial charge in [-0.2, -0.15) is 0 Å². The van der Waals surface area contributed by atoms with Crippen LogP contribution in [0.15, 0.2) is 23.9 Å². The smallest absolute Gasteiger partial charge is 0.330 e. The van der Waals surface area contributed by atoms with Crippen LogP contribution in [0.1, 0.15) is 58.8 Å². The van der Waals surface area contributed by atoms with Crippen molar-refractivity contribution in [2.45, 2.75) is 71.0 Å². The summed E-state index contributed by atoms with van der Waals surface area (Å²) in [6.45, 7) is 3.63. The third kappa shape index (κ3) is 6.72. The van der Waals surface area contributed by atoms with Gasteiger partial charge in [-0.3, -0.25) is 9.59 Å². The second-order valence-corrected chi connectivity index (χ2v) is 6.95. The highest BCUT2D eigenvalue weighted by Gasteiger charge is 2.36. The van der Waals surface area contributed by atoms with Crippen molar-refractivity contribution in [1.82, 2.24) is 5.32 Å². The van der Waals surface area contributed by atoms with E-state index < -0.39 is 18.2 Å². The molecule has 2 aliphatic rings. The molecule has 3 unspecified atom stereocenters. The molecule has 6 heteroatoms. The van der Waals surface area contributed by atoms with Crippen LogP contribution >= 0.6 is 0 Å². The van der Waals surface area contributed by atoms with E-state index in [2.05, 4.69) is 5.32 Å². The standard InChI is InChI=1S/C19H27NO5/c1-13(2)9-18(22)25-16-11-14-10-15(12-16)24-17(21)7-5-3-4-6-8-20-19(14)23/h6,8-9,14-16H,3-5,7,10-12H2,1-2H3,(H,20,23)/b8-6-. The number of esters is 2. The summed E-state index contributed by atoms with van der Waals surface area (Å²) < 4.78 is 11.0. The average Bonchev–Trinajstić information content (AvgIpc) is 2.52. The van der Waals surface area contributed by atoms with Gasteiger partial charge < -0.3 is 14.8 Å². The second kappa shape index (κ2) is 9.39. The summed E-state index contributed by atoms with van der Waals surface area (Å²) in [5.74, 6) is -1.14. The fraction of sp³-hybridized carbons (Fsp3) is 0.632. The predicted octanol–water partition coefficient (Wildman–Crippen LogP) is 2.78. The second-order valence-electron chi connectivity index (χ2n) is 6.95. The molecule has 0 aromatic carbocycles. The largest absolute Gasteiger partial charge is 0.462 e. The first-order valence-corrected chi connectivity index (χ1v) is 8.94. The Kier molecular flexibility index (Phi) is 7.22. The summed E-state index contributed by atoms with van der Waals surface area (Å²) in [4.78, 5) is 36.2. The molecule has 1 fully saturated rings. The van der Waals surface area contributed by atoms with E-state index >= 15 is 0 Å². The highest BCUT2D eigenvalue weighted by atomic mass is 16.6. The Labute approximate surface area is 148 Å². The number of fused-ring (bicyclic) bond motifs is 2. The van der Waals surface area contributed by atoms with Crippen LogP contribution in [-0.4, -0.2) is 30.1 Å². The Morgan fingerprint density at radius 3 is 2.80 bits per heavy atom. The molecule has 1 amide bonds. The first kappa shape index (κ1) is 19.2. The lowest BCUT2D eigenvalue weighted by Gasteiger charge is -2.33. The molecule has 2 rings (SSSR count). The minimum atomic E-state index is -0.431. The van der Waals surface area contributed by atoms with Gasteiger partial charge in [-0.15, -0.1) is 0 Å². The van der Waals surface area contributed by atoms with Crippen molar-refractivity contribution in [3.05, 3.63) is 23.9 Å². The van der Waals surface area contributed by atoms with Crippen LogP contribution in [-0.2, 0) is 23.9 Å². The number of rotatable bonds is 2. The van der Waals surface area contributed by atoms with Gasteiger partial charge in [0.25, 0.3) is 0 Å². The van der Waals surface area contributed by atoms with Gasteiger partial charge >= 0.3 is 11.9 Å². The summed E-state index contributed by atoms with van der Waals surface area (Å²) in [5, 5.41) is 2.78. The van der Waals surface area contributed by atoms with E-state index in [0.717, 1.165) is 24.8 Å². The van der Waals surface area contributed by atoms with Crippen LogP contribution in [0, 0.1) is 5.92 Å². The van der Waals surface area contributed by atoms with Gasteiger partial charge in [-0.05, 0) is 52.2 Å². The molecule has 0 aromatic rings. The van der Waals surface area contributed by atoms with E-state index in [0.29, 0.717) is 25.7 Å². The zero-order valence-electron chi connectivity index (χ0n) is 15.0. The molecular weight excluding hydrogens is 322 g/mol. The lowest BCUT2D eigenvalue weighted by Crippen LogP contribution is -2.41. The van der Waals surface area contributed by atoms with Crippen LogP contribution in [0.4, 0.5) is 0 Å². The van der Waals surface area contributed by atoms with E-state index in [9.17, 15) is 14.4 Å². The number of carbonyl (C=O) groups excluding carboxylic acids is 3. The Bertz CT molecular complexity index is 562. The lowest BCUT2D eigenvalue weighted by molar-refractivity contribution is -0.160. The summed E-state index contributed by atoms with van der Waals surface area (Å²) in [5.41, 5.74) is 0.849. The van der Waals surface area contributed by atoms with E-state index in [1.165, 1.54) is 6.08 Å². The van der Waals surface area contributed by atoms with Crippen LogP contribution in [0.3, 0.4) is 0 Å². The van der Waals surface area contributed by atoms with Gasteiger partial charge in [-0.1, -0.05) is 11.6 Å². The normalized spacial score (nSPS) is 29.0. The minimum absolute atomic E-state index is 0.125. The summed E-state index contributed by atoms with van der Waals surface area (Å²) in [6, 6.07) is 0. The zero-order chi connectivity index (χ0) is 18.2. The Morgan fingerprint density at radius 2 is 2.04 bits per heavy atom. The quantitative estimate of drug-likeness (QED) is 0.612. The molecule has 2 bridgehead atoms. The number of hydrogen-bond donors (Lipinski definition) is 1. The highest BCUT2D eigenvalue weighted by Crippen LogP contribution is 2.30. The maximum atomic E-state index is 12.4. The number of ether oxygens (including phenoxy) is 2. The van der Waals surface area contributed by atoms with Gasteiger partial charge in [0.2, 0.25) is 5.91 Å². The molecule has 1 aliphatic heterocycles. The third-order valence-electron chi connectivity index (χ3n) is 4.32. The van der Waals surface area contributed by atoms with Crippen molar-refractivity contribution in [3.63, 3.8) is 0 Å². The molecule has 25 heavy (non-hydrogen) atoms. The highest BCUT2D eigenvalue weighted by molar-refractivity contribution is 5.83. The van der Waals surface area contributed by atoms with E-state index in [4.69, 9.17) is 9.47 Å². The van der Waals surface area contributed by atoms with Crippen molar-refractivity contribution in [2.75, 3.05) is 0 Å². The number of carbonyl (C=O) groups is 3. The molecule has 0 saturated heterocycles. The zero-order valence-corrected chi connectivity index (χ0v) is 15.0. The minimum Gasteiger partial charge on any atom is -0.462 e. The number of nitrogens with one attached hydrogen (secondary N) is 1. The molecule has 6 nitrogen and oxygen atoms in total. The van der Waals surface area contributed by atoms with Crippen molar-refractivity contribution in [1.29, 1.82) is 0 Å². The molecule has 1 saturated carbocycles. The van der Waals surface area contributed by atoms with Crippen molar-refractivity contribution >= 4 is 17.8 Å². The van der Waals surface area contributed by atoms with E-state index in [1.807, 2.05) is 19.9 Å². The molecule has 138 valence electrons. The molecule has 1 heterocycles. The fourth-order valence-electron chi connectivity index (χ4n) is 3.18. The van der Waals surface area contributed by atoms with Crippen LogP contribution < -0.4 is 5.32 Å². The van der Waals surface area contributed by atoms with Crippen LogP contribution in [0.5, 0.6) is 0 Å². The van der Waals surface area contributed by atoms with Crippen LogP contribution in [0.25, 0.3) is 0 Å². The molecule has 3 atom stereocenters. The molecular formula is C19H27NO5. The van der Waals surface area contributed by atoms with Gasteiger partial charge in [-0.25, -0.2) is 4.79 Å².